The minimum atomic E-state index is -0.0626. The Bertz CT molecular complexity index is 634. The highest BCUT2D eigenvalue weighted by atomic mass is 32.1. The number of nitrogens with zero attached hydrogens (tertiary/aromatic N) is 2. The molecular weight excluding hydrogens is 246 g/mol. The first-order chi connectivity index (χ1) is 8.54. The molecule has 2 aromatic rings. The number of amides is 1. The molecule has 3 rings (SSSR count). The Morgan fingerprint density at radius 1 is 1.44 bits per heavy atom. The molecule has 0 bridgehead atoms. The molecule has 1 unspecified atom stereocenters. The van der Waals surface area contributed by atoms with Gasteiger partial charge in [-0.3, -0.25) is 9.69 Å². The van der Waals surface area contributed by atoms with E-state index < -0.39 is 0 Å². The maximum absolute atomic E-state index is 11.8. The second-order valence-electron chi connectivity index (χ2n) is 4.89. The molecule has 4 nitrogen and oxygen atoms in total. The van der Waals surface area contributed by atoms with Crippen molar-refractivity contribution in [1.82, 2.24) is 4.98 Å². The highest BCUT2D eigenvalue weighted by Gasteiger charge is 2.30. The Hall–Kier alpha value is -1.46. The summed E-state index contributed by atoms with van der Waals surface area (Å²) in [5.41, 5.74) is 9.19. The number of benzene rings is 1. The standard InChI is InChI=1S/C13H15N3OS/c1-7-3-8(2)12-10(4-7)18-13(15-12)16-6-9(14)5-11(16)17/h3-4,9H,5-6,14H2,1-2H3. The van der Waals surface area contributed by atoms with Crippen LogP contribution in [0.5, 0.6) is 0 Å². The van der Waals surface area contributed by atoms with Crippen molar-refractivity contribution in [2.24, 2.45) is 5.73 Å². The lowest BCUT2D eigenvalue weighted by atomic mass is 10.1. The summed E-state index contributed by atoms with van der Waals surface area (Å²) in [7, 11) is 0. The molecule has 94 valence electrons. The van der Waals surface area contributed by atoms with Gasteiger partial charge >= 0.3 is 0 Å². The Labute approximate surface area is 109 Å². The average molecular weight is 261 g/mol. The molecule has 1 aliphatic heterocycles. The van der Waals surface area contributed by atoms with Gasteiger partial charge in [-0.25, -0.2) is 4.98 Å². The normalized spacial score (nSPS) is 20.1. The highest BCUT2D eigenvalue weighted by Crippen LogP contribution is 2.33. The smallest absolute Gasteiger partial charge is 0.230 e. The Morgan fingerprint density at radius 2 is 2.22 bits per heavy atom. The molecule has 0 aliphatic carbocycles. The van der Waals surface area contributed by atoms with Gasteiger partial charge in [-0.15, -0.1) is 0 Å². The molecule has 0 saturated carbocycles. The summed E-state index contributed by atoms with van der Waals surface area (Å²) in [5.74, 6) is 0.0796. The van der Waals surface area contributed by atoms with Crippen molar-refractivity contribution in [3.05, 3.63) is 23.3 Å². The van der Waals surface area contributed by atoms with Crippen molar-refractivity contribution in [3.8, 4) is 0 Å². The topological polar surface area (TPSA) is 59.2 Å². The summed E-state index contributed by atoms with van der Waals surface area (Å²) in [6, 6.07) is 4.17. The summed E-state index contributed by atoms with van der Waals surface area (Å²) < 4.78 is 1.13. The van der Waals surface area contributed by atoms with Gasteiger partial charge in [0.05, 0.1) is 10.2 Å². The van der Waals surface area contributed by atoms with Crippen LogP contribution in [0.3, 0.4) is 0 Å². The lowest BCUT2D eigenvalue weighted by Gasteiger charge is -2.10. The van der Waals surface area contributed by atoms with Gasteiger partial charge in [0.1, 0.15) is 0 Å². The largest absolute Gasteiger partial charge is 0.326 e. The minimum Gasteiger partial charge on any atom is -0.326 e. The van der Waals surface area contributed by atoms with Crippen molar-refractivity contribution in [3.63, 3.8) is 0 Å². The number of nitrogens with two attached hydrogens (primary N) is 1. The number of thiazole rings is 1. The molecule has 0 radical (unpaired) electrons. The summed E-state index contributed by atoms with van der Waals surface area (Å²) in [6.07, 6.45) is 0.425. The van der Waals surface area contributed by atoms with Gasteiger partial charge in [-0.1, -0.05) is 17.4 Å². The van der Waals surface area contributed by atoms with Crippen molar-refractivity contribution in [2.45, 2.75) is 26.3 Å². The van der Waals surface area contributed by atoms with Gasteiger partial charge in [0.25, 0.3) is 0 Å². The lowest BCUT2D eigenvalue weighted by Crippen LogP contribution is -2.27. The molecule has 2 N–H and O–H groups in total. The predicted octanol–water partition coefficient (Wildman–Crippen LogP) is 1.98. The average Bonchev–Trinajstić information content (AvgIpc) is 2.81. The fourth-order valence-electron chi connectivity index (χ4n) is 2.39. The second kappa shape index (κ2) is 4.03. The summed E-state index contributed by atoms with van der Waals surface area (Å²) in [5, 5.41) is 0.775. The maximum Gasteiger partial charge on any atom is 0.230 e. The van der Waals surface area contributed by atoms with E-state index in [2.05, 4.69) is 31.0 Å². The maximum atomic E-state index is 11.8. The third-order valence-corrected chi connectivity index (χ3v) is 4.23. The van der Waals surface area contributed by atoms with Crippen LogP contribution < -0.4 is 10.6 Å². The first-order valence-corrected chi connectivity index (χ1v) is 6.80. The van der Waals surface area contributed by atoms with E-state index in [9.17, 15) is 4.79 Å². The molecule has 1 fully saturated rings. The third kappa shape index (κ3) is 1.79. The molecule has 1 aromatic carbocycles. The summed E-state index contributed by atoms with van der Waals surface area (Å²) in [6.45, 7) is 4.70. The minimum absolute atomic E-state index is 0.0626. The number of hydrogen-bond donors (Lipinski definition) is 1. The number of rotatable bonds is 1. The van der Waals surface area contributed by atoms with E-state index in [4.69, 9.17) is 5.73 Å². The van der Waals surface area contributed by atoms with Crippen molar-refractivity contribution < 1.29 is 4.79 Å². The molecule has 0 spiro atoms. The van der Waals surface area contributed by atoms with Gasteiger partial charge < -0.3 is 5.73 Å². The zero-order valence-electron chi connectivity index (χ0n) is 10.4. The zero-order valence-corrected chi connectivity index (χ0v) is 11.3. The second-order valence-corrected chi connectivity index (χ2v) is 5.90. The van der Waals surface area contributed by atoms with Crippen LogP contribution in [-0.4, -0.2) is 23.5 Å². The fourth-order valence-corrected chi connectivity index (χ4v) is 3.56. The fraction of sp³-hybridized carbons (Fsp3) is 0.385. The van der Waals surface area contributed by atoms with Crippen LogP contribution in [0.25, 0.3) is 10.2 Å². The van der Waals surface area contributed by atoms with E-state index in [0.717, 1.165) is 20.9 Å². The van der Waals surface area contributed by atoms with Gasteiger partial charge in [0.2, 0.25) is 5.91 Å². The van der Waals surface area contributed by atoms with Crippen LogP contribution in [0.1, 0.15) is 17.5 Å². The molecule has 1 aliphatic rings. The molecule has 5 heteroatoms. The van der Waals surface area contributed by atoms with Gasteiger partial charge in [0, 0.05) is 19.0 Å². The first-order valence-electron chi connectivity index (χ1n) is 5.98. The SMILES string of the molecule is Cc1cc(C)c2nc(N3CC(N)CC3=O)sc2c1. The van der Waals surface area contributed by atoms with Crippen molar-refractivity contribution >= 4 is 32.6 Å². The summed E-state index contributed by atoms with van der Waals surface area (Å²) in [4.78, 5) is 18.1. The lowest BCUT2D eigenvalue weighted by molar-refractivity contribution is -0.117. The molecular formula is C13H15N3OS. The Morgan fingerprint density at radius 3 is 2.89 bits per heavy atom. The third-order valence-electron chi connectivity index (χ3n) is 3.20. The number of aromatic nitrogens is 1. The van der Waals surface area contributed by atoms with E-state index >= 15 is 0 Å². The van der Waals surface area contributed by atoms with Gasteiger partial charge in [-0.2, -0.15) is 0 Å². The highest BCUT2D eigenvalue weighted by molar-refractivity contribution is 7.22. The predicted molar refractivity (Wildman–Crippen MR) is 74.0 cm³/mol. The number of hydrogen-bond acceptors (Lipinski definition) is 4. The van der Waals surface area contributed by atoms with E-state index in [1.807, 2.05) is 0 Å². The van der Waals surface area contributed by atoms with Crippen molar-refractivity contribution in [2.75, 3.05) is 11.4 Å². The van der Waals surface area contributed by atoms with Gasteiger partial charge in [-0.05, 0) is 31.0 Å². The van der Waals surface area contributed by atoms with Crippen LogP contribution in [0.4, 0.5) is 5.13 Å². The number of carbonyl (C=O) groups is 1. The number of anilines is 1. The number of carbonyl (C=O) groups excluding carboxylic acids is 1. The zero-order chi connectivity index (χ0) is 12.9. The van der Waals surface area contributed by atoms with Crippen LogP contribution >= 0.6 is 11.3 Å². The quantitative estimate of drug-likeness (QED) is 0.854. The molecule has 1 aromatic heterocycles. The van der Waals surface area contributed by atoms with E-state index in [0.29, 0.717) is 13.0 Å². The number of aryl methyl sites for hydroxylation is 2. The molecule has 1 atom stereocenters. The van der Waals surface area contributed by atoms with E-state index in [1.165, 1.54) is 5.56 Å². The molecule has 18 heavy (non-hydrogen) atoms. The first kappa shape index (κ1) is 11.6. The summed E-state index contributed by atoms with van der Waals surface area (Å²) >= 11 is 1.57. The Balaban J connectivity index is 2.09. The van der Waals surface area contributed by atoms with Crippen LogP contribution in [0.15, 0.2) is 12.1 Å². The molecule has 1 amide bonds. The van der Waals surface area contributed by atoms with Crippen LogP contribution in [0.2, 0.25) is 0 Å². The Kier molecular flexibility index (Phi) is 2.60. The van der Waals surface area contributed by atoms with Crippen LogP contribution in [-0.2, 0) is 4.79 Å². The van der Waals surface area contributed by atoms with Gasteiger partial charge in [0.15, 0.2) is 5.13 Å². The van der Waals surface area contributed by atoms with E-state index in [1.54, 1.807) is 16.2 Å². The molecule has 1 saturated heterocycles. The van der Waals surface area contributed by atoms with E-state index in [-0.39, 0.29) is 11.9 Å². The molecule has 2 heterocycles. The monoisotopic (exact) mass is 261 g/mol. The van der Waals surface area contributed by atoms with Crippen molar-refractivity contribution in [1.29, 1.82) is 0 Å². The van der Waals surface area contributed by atoms with Crippen LogP contribution in [0, 0.1) is 13.8 Å². The number of fused-ring (bicyclic) bond motifs is 1.